The van der Waals surface area contributed by atoms with E-state index < -0.39 is 0 Å². The predicted octanol–water partition coefficient (Wildman–Crippen LogP) is 2.15. The summed E-state index contributed by atoms with van der Waals surface area (Å²) in [4.78, 5) is 18.1. The Balaban J connectivity index is 1.96. The Morgan fingerprint density at radius 3 is 2.88 bits per heavy atom. The first-order valence-corrected chi connectivity index (χ1v) is 5.97. The summed E-state index contributed by atoms with van der Waals surface area (Å²) in [7, 11) is 0. The van der Waals surface area contributed by atoms with E-state index in [-0.39, 0.29) is 5.56 Å². The molecule has 1 aromatic heterocycles. The van der Waals surface area contributed by atoms with Gasteiger partial charge >= 0.3 is 0 Å². The van der Waals surface area contributed by atoms with Gasteiger partial charge in [-0.25, -0.2) is 4.98 Å². The van der Waals surface area contributed by atoms with Crippen LogP contribution in [0.2, 0.25) is 0 Å². The largest absolute Gasteiger partial charge is 0.365 e. The highest BCUT2D eigenvalue weighted by Crippen LogP contribution is 2.35. The first-order chi connectivity index (χ1) is 7.70. The zero-order valence-electron chi connectivity index (χ0n) is 9.75. The number of anilines is 1. The van der Waals surface area contributed by atoms with Gasteiger partial charge in [-0.15, -0.1) is 0 Å². The van der Waals surface area contributed by atoms with E-state index in [1.807, 2.05) is 0 Å². The quantitative estimate of drug-likeness (QED) is 0.822. The van der Waals surface area contributed by atoms with Crippen molar-refractivity contribution >= 4 is 5.82 Å². The molecule has 1 aliphatic carbocycles. The van der Waals surface area contributed by atoms with E-state index in [9.17, 15) is 4.79 Å². The van der Waals surface area contributed by atoms with Crippen LogP contribution in [-0.2, 0) is 0 Å². The number of nitrogens with zero attached hydrogens (tertiary/aromatic N) is 1. The number of aromatic nitrogens is 2. The summed E-state index contributed by atoms with van der Waals surface area (Å²) in [5.74, 6) is 0.439. The van der Waals surface area contributed by atoms with Crippen LogP contribution in [-0.4, -0.2) is 16.5 Å². The van der Waals surface area contributed by atoms with Gasteiger partial charge in [0, 0.05) is 18.9 Å². The molecule has 88 valence electrons. The second-order valence-corrected chi connectivity index (χ2v) is 4.99. The zero-order valence-corrected chi connectivity index (χ0v) is 9.75. The van der Waals surface area contributed by atoms with E-state index in [1.165, 1.54) is 32.1 Å². The molecule has 2 N–H and O–H groups in total. The van der Waals surface area contributed by atoms with Crippen LogP contribution in [0.25, 0.3) is 0 Å². The molecule has 1 aromatic rings. The van der Waals surface area contributed by atoms with Gasteiger partial charge in [0.15, 0.2) is 5.82 Å². The summed E-state index contributed by atoms with van der Waals surface area (Å²) >= 11 is 0. The molecule has 0 spiro atoms. The van der Waals surface area contributed by atoms with Gasteiger partial charge in [0.25, 0.3) is 5.56 Å². The van der Waals surface area contributed by atoms with Gasteiger partial charge in [-0.1, -0.05) is 26.2 Å². The molecule has 0 radical (unpaired) electrons. The van der Waals surface area contributed by atoms with E-state index >= 15 is 0 Å². The van der Waals surface area contributed by atoms with Crippen LogP contribution in [0.1, 0.15) is 39.0 Å². The lowest BCUT2D eigenvalue weighted by Gasteiger charge is -2.33. The maximum atomic E-state index is 11.4. The number of hydrogen-bond acceptors (Lipinski definition) is 3. The average molecular weight is 221 g/mol. The third-order valence-electron chi connectivity index (χ3n) is 3.45. The van der Waals surface area contributed by atoms with Crippen molar-refractivity contribution < 1.29 is 0 Å². The molecule has 0 atom stereocenters. The molecule has 1 heterocycles. The fourth-order valence-corrected chi connectivity index (χ4v) is 2.36. The number of H-pyrrole nitrogens is 1. The molecule has 1 fully saturated rings. The molecule has 0 aromatic carbocycles. The second kappa shape index (κ2) is 4.68. The number of hydrogen-bond donors (Lipinski definition) is 2. The summed E-state index contributed by atoms with van der Waals surface area (Å²) in [6.07, 6.45) is 9.59. The smallest absolute Gasteiger partial charge is 0.290 e. The maximum Gasteiger partial charge on any atom is 0.290 e. The third-order valence-corrected chi connectivity index (χ3v) is 3.45. The Labute approximate surface area is 95.5 Å². The molecule has 0 bridgehead atoms. The van der Waals surface area contributed by atoms with Gasteiger partial charge in [-0.2, -0.15) is 0 Å². The zero-order chi connectivity index (χ0) is 11.4. The maximum absolute atomic E-state index is 11.4. The molecule has 0 unspecified atom stereocenters. The normalized spacial score (nSPS) is 19.3. The standard InChI is InChI=1S/C12H19N3O/c1-12(5-3-2-4-6-12)9-15-10-11(16)14-8-7-13-10/h7-8H,2-6,9H2,1H3,(H,13,15)(H,14,16). The van der Waals surface area contributed by atoms with Crippen LogP contribution in [0.5, 0.6) is 0 Å². The van der Waals surface area contributed by atoms with Gasteiger partial charge in [-0.05, 0) is 18.3 Å². The van der Waals surface area contributed by atoms with Crippen molar-refractivity contribution in [2.24, 2.45) is 5.41 Å². The molecule has 2 rings (SSSR count). The lowest BCUT2D eigenvalue weighted by atomic mass is 9.76. The Morgan fingerprint density at radius 1 is 1.44 bits per heavy atom. The first-order valence-electron chi connectivity index (χ1n) is 5.97. The Kier molecular flexibility index (Phi) is 3.27. The van der Waals surface area contributed by atoms with E-state index in [0.29, 0.717) is 11.2 Å². The van der Waals surface area contributed by atoms with Crippen molar-refractivity contribution in [1.82, 2.24) is 9.97 Å². The summed E-state index contributed by atoms with van der Waals surface area (Å²) in [5, 5.41) is 3.17. The van der Waals surface area contributed by atoms with E-state index in [2.05, 4.69) is 22.2 Å². The van der Waals surface area contributed by atoms with E-state index in [4.69, 9.17) is 0 Å². The highest BCUT2D eigenvalue weighted by molar-refractivity contribution is 5.30. The highest BCUT2D eigenvalue weighted by Gasteiger charge is 2.26. The molecular weight excluding hydrogens is 202 g/mol. The number of nitrogens with one attached hydrogen (secondary N) is 2. The molecular formula is C12H19N3O. The van der Waals surface area contributed by atoms with Crippen LogP contribution in [0.3, 0.4) is 0 Å². The van der Waals surface area contributed by atoms with Crippen molar-refractivity contribution in [2.75, 3.05) is 11.9 Å². The van der Waals surface area contributed by atoms with E-state index in [1.54, 1.807) is 12.4 Å². The minimum atomic E-state index is -0.137. The first kappa shape index (κ1) is 11.2. The minimum absolute atomic E-state index is 0.137. The second-order valence-electron chi connectivity index (χ2n) is 4.99. The van der Waals surface area contributed by atoms with Crippen LogP contribution < -0.4 is 10.9 Å². The summed E-state index contributed by atoms with van der Waals surface area (Å²) in [6, 6.07) is 0. The number of aromatic amines is 1. The fraction of sp³-hybridized carbons (Fsp3) is 0.667. The molecule has 1 aliphatic rings. The van der Waals surface area contributed by atoms with Crippen molar-refractivity contribution in [3.63, 3.8) is 0 Å². The molecule has 0 aliphatic heterocycles. The highest BCUT2D eigenvalue weighted by atomic mass is 16.1. The topological polar surface area (TPSA) is 57.8 Å². The van der Waals surface area contributed by atoms with Crippen LogP contribution >= 0.6 is 0 Å². The lowest BCUT2D eigenvalue weighted by molar-refractivity contribution is 0.233. The average Bonchev–Trinajstić information content (AvgIpc) is 2.29. The Morgan fingerprint density at radius 2 is 2.19 bits per heavy atom. The van der Waals surface area contributed by atoms with Gasteiger partial charge in [0.2, 0.25) is 0 Å². The van der Waals surface area contributed by atoms with Gasteiger partial charge in [-0.3, -0.25) is 4.79 Å². The lowest BCUT2D eigenvalue weighted by Crippen LogP contribution is -2.30. The molecule has 16 heavy (non-hydrogen) atoms. The summed E-state index contributed by atoms with van der Waals surface area (Å²) < 4.78 is 0. The molecule has 0 saturated heterocycles. The molecule has 1 saturated carbocycles. The minimum Gasteiger partial charge on any atom is -0.365 e. The van der Waals surface area contributed by atoms with Crippen molar-refractivity contribution in [2.45, 2.75) is 39.0 Å². The van der Waals surface area contributed by atoms with Crippen LogP contribution in [0, 0.1) is 5.41 Å². The van der Waals surface area contributed by atoms with Crippen molar-refractivity contribution in [1.29, 1.82) is 0 Å². The van der Waals surface area contributed by atoms with E-state index in [0.717, 1.165) is 6.54 Å². The third kappa shape index (κ3) is 2.62. The Hall–Kier alpha value is -1.32. The SMILES string of the molecule is CC1(CNc2ncc[nH]c2=O)CCCCC1. The molecule has 4 heteroatoms. The molecule has 0 amide bonds. The summed E-state index contributed by atoms with van der Waals surface area (Å²) in [5.41, 5.74) is 0.185. The van der Waals surface area contributed by atoms with Gasteiger partial charge < -0.3 is 10.3 Å². The van der Waals surface area contributed by atoms with Crippen molar-refractivity contribution in [3.8, 4) is 0 Å². The Bertz CT molecular complexity index is 393. The van der Waals surface area contributed by atoms with Crippen LogP contribution in [0.15, 0.2) is 17.2 Å². The van der Waals surface area contributed by atoms with Crippen molar-refractivity contribution in [3.05, 3.63) is 22.7 Å². The van der Waals surface area contributed by atoms with Gasteiger partial charge in [0.05, 0.1) is 0 Å². The number of rotatable bonds is 3. The fourth-order valence-electron chi connectivity index (χ4n) is 2.36. The van der Waals surface area contributed by atoms with Gasteiger partial charge in [0.1, 0.15) is 0 Å². The van der Waals surface area contributed by atoms with Crippen LogP contribution in [0.4, 0.5) is 5.82 Å². The molecule has 4 nitrogen and oxygen atoms in total. The summed E-state index contributed by atoms with van der Waals surface area (Å²) in [6.45, 7) is 3.13. The predicted molar refractivity (Wildman–Crippen MR) is 64.5 cm³/mol. The monoisotopic (exact) mass is 221 g/mol.